The number of rotatable bonds is 8. The fourth-order valence-corrected chi connectivity index (χ4v) is 3.13. The van der Waals surface area contributed by atoms with Crippen LogP contribution in [-0.2, 0) is 17.9 Å². The van der Waals surface area contributed by atoms with Gasteiger partial charge in [0.15, 0.2) is 11.5 Å². The molecule has 0 aliphatic rings. The molecule has 0 fully saturated rings. The molecule has 0 radical (unpaired) electrons. The van der Waals surface area contributed by atoms with Gasteiger partial charge >= 0.3 is 0 Å². The number of benzene rings is 3. The van der Waals surface area contributed by atoms with E-state index in [1.165, 1.54) is 13.0 Å². The van der Waals surface area contributed by atoms with Gasteiger partial charge < -0.3 is 20.1 Å². The quantitative estimate of drug-likeness (QED) is 0.487. The lowest BCUT2D eigenvalue weighted by Crippen LogP contribution is -2.07. The molecule has 2 N–H and O–H groups in total. The fraction of sp³-hybridized carbons (Fsp3) is 0.174. The van der Waals surface area contributed by atoms with Crippen molar-refractivity contribution in [1.82, 2.24) is 0 Å². The van der Waals surface area contributed by atoms with Crippen molar-refractivity contribution in [2.45, 2.75) is 20.1 Å². The molecule has 0 bridgehead atoms. The van der Waals surface area contributed by atoms with Crippen molar-refractivity contribution in [3.05, 3.63) is 82.6 Å². The van der Waals surface area contributed by atoms with Gasteiger partial charge in [-0.15, -0.1) is 0 Å². The average Bonchev–Trinajstić information content (AvgIpc) is 2.73. The summed E-state index contributed by atoms with van der Waals surface area (Å²) in [4.78, 5) is 11.1. The fourth-order valence-electron chi connectivity index (χ4n) is 2.91. The lowest BCUT2D eigenvalue weighted by Gasteiger charge is -2.17. The maximum atomic E-state index is 14.1. The van der Waals surface area contributed by atoms with Crippen LogP contribution in [0.1, 0.15) is 18.1 Å². The van der Waals surface area contributed by atoms with E-state index >= 15 is 0 Å². The zero-order chi connectivity index (χ0) is 21.5. The van der Waals surface area contributed by atoms with Crippen LogP contribution >= 0.6 is 11.6 Å². The van der Waals surface area contributed by atoms with Gasteiger partial charge in [-0.3, -0.25) is 4.79 Å². The minimum atomic E-state index is -0.420. The minimum Gasteiger partial charge on any atom is -0.493 e. The number of halogens is 2. The lowest BCUT2D eigenvalue weighted by molar-refractivity contribution is -0.114. The molecule has 0 aromatic heterocycles. The molecule has 30 heavy (non-hydrogen) atoms. The monoisotopic (exact) mass is 428 g/mol. The number of carbonyl (C=O) groups is 1. The third-order valence-electron chi connectivity index (χ3n) is 4.39. The summed E-state index contributed by atoms with van der Waals surface area (Å²) >= 11 is 6.10. The second kappa shape index (κ2) is 9.98. The van der Waals surface area contributed by atoms with Crippen LogP contribution in [0.25, 0.3) is 0 Å². The summed E-state index contributed by atoms with van der Waals surface area (Å²) in [5.41, 5.74) is 2.72. The van der Waals surface area contributed by atoms with E-state index in [2.05, 4.69) is 10.6 Å². The number of hydrogen-bond donors (Lipinski definition) is 2. The van der Waals surface area contributed by atoms with E-state index < -0.39 is 5.82 Å². The van der Waals surface area contributed by atoms with Crippen LogP contribution < -0.4 is 20.1 Å². The highest BCUT2D eigenvalue weighted by Gasteiger charge is 2.14. The van der Waals surface area contributed by atoms with E-state index in [4.69, 9.17) is 21.1 Å². The Bertz CT molecular complexity index is 1010. The maximum Gasteiger partial charge on any atom is 0.221 e. The Balaban J connectivity index is 1.74. The minimum absolute atomic E-state index is 0.0235. The van der Waals surface area contributed by atoms with Crippen molar-refractivity contribution < 1.29 is 18.7 Å². The molecule has 0 spiro atoms. The smallest absolute Gasteiger partial charge is 0.221 e. The van der Waals surface area contributed by atoms with Crippen LogP contribution in [-0.4, -0.2) is 13.0 Å². The highest BCUT2D eigenvalue weighted by atomic mass is 35.5. The summed E-state index contributed by atoms with van der Waals surface area (Å²) in [6, 6.07) is 17.4. The van der Waals surface area contributed by atoms with Crippen LogP contribution in [0.2, 0.25) is 5.02 Å². The molecular formula is C23H22ClFN2O3. The molecule has 0 saturated heterocycles. The lowest BCUT2D eigenvalue weighted by atomic mass is 10.1. The number of carbonyl (C=O) groups excluding carboxylic acids is 1. The molecule has 3 rings (SSSR count). The van der Waals surface area contributed by atoms with E-state index in [0.717, 1.165) is 16.9 Å². The normalized spacial score (nSPS) is 10.4. The summed E-state index contributed by atoms with van der Waals surface area (Å²) in [6.45, 7) is 1.90. The molecular weight excluding hydrogens is 407 g/mol. The number of amides is 1. The first-order valence-electron chi connectivity index (χ1n) is 9.31. The van der Waals surface area contributed by atoms with Crippen molar-refractivity contribution >= 4 is 28.9 Å². The van der Waals surface area contributed by atoms with E-state index in [-0.39, 0.29) is 18.1 Å². The topological polar surface area (TPSA) is 59.6 Å². The molecule has 5 nitrogen and oxygen atoms in total. The Morgan fingerprint density at radius 1 is 1.03 bits per heavy atom. The van der Waals surface area contributed by atoms with Gasteiger partial charge in [-0.05, 0) is 42.5 Å². The molecule has 0 unspecified atom stereocenters. The summed E-state index contributed by atoms with van der Waals surface area (Å²) in [5, 5.41) is 6.34. The van der Waals surface area contributed by atoms with Gasteiger partial charge in [0.1, 0.15) is 12.4 Å². The second-order valence-electron chi connectivity index (χ2n) is 6.55. The zero-order valence-electron chi connectivity index (χ0n) is 16.7. The number of anilines is 2. The van der Waals surface area contributed by atoms with Crippen molar-refractivity contribution in [1.29, 1.82) is 0 Å². The Kier molecular flexibility index (Phi) is 7.14. The molecule has 156 valence electrons. The first-order valence-corrected chi connectivity index (χ1v) is 9.69. The molecule has 0 atom stereocenters. The van der Waals surface area contributed by atoms with Gasteiger partial charge in [-0.1, -0.05) is 29.8 Å². The maximum absolute atomic E-state index is 14.1. The largest absolute Gasteiger partial charge is 0.493 e. The molecule has 3 aromatic carbocycles. The van der Waals surface area contributed by atoms with Crippen molar-refractivity contribution in [2.75, 3.05) is 17.7 Å². The molecule has 1 amide bonds. The van der Waals surface area contributed by atoms with Gasteiger partial charge in [-0.25, -0.2) is 4.39 Å². The third kappa shape index (κ3) is 5.42. The molecule has 0 aliphatic carbocycles. The summed E-state index contributed by atoms with van der Waals surface area (Å²) in [7, 11) is 1.55. The summed E-state index contributed by atoms with van der Waals surface area (Å²) in [5.74, 6) is 0.518. The Hall–Kier alpha value is -3.25. The predicted molar refractivity (Wildman–Crippen MR) is 117 cm³/mol. The standard InChI is InChI=1S/C23H22ClFN2O3/c1-15(28)27-18-11-9-17(10-12-18)26-13-16-5-3-8-22(29-2)23(16)30-14-19-20(24)6-4-7-21(19)25/h3-12,26H,13-14H2,1-2H3,(H,27,28). The molecule has 3 aromatic rings. The van der Waals surface area contributed by atoms with Gasteiger partial charge in [0.25, 0.3) is 0 Å². The van der Waals surface area contributed by atoms with E-state index in [0.29, 0.717) is 23.1 Å². The molecule has 0 saturated carbocycles. The van der Waals surface area contributed by atoms with Crippen LogP contribution in [0.3, 0.4) is 0 Å². The number of nitrogens with one attached hydrogen (secondary N) is 2. The molecule has 0 heterocycles. The van der Waals surface area contributed by atoms with E-state index in [9.17, 15) is 9.18 Å². The first kappa shape index (κ1) is 21.5. The molecule has 0 aliphatic heterocycles. The highest BCUT2D eigenvalue weighted by molar-refractivity contribution is 6.31. The van der Waals surface area contributed by atoms with Crippen molar-refractivity contribution in [2.24, 2.45) is 0 Å². The Morgan fingerprint density at radius 3 is 2.40 bits per heavy atom. The van der Waals surface area contributed by atoms with Crippen LogP contribution in [0.5, 0.6) is 11.5 Å². The Morgan fingerprint density at radius 2 is 1.73 bits per heavy atom. The predicted octanol–water partition coefficient (Wildman–Crippen LogP) is 5.64. The highest BCUT2D eigenvalue weighted by Crippen LogP contribution is 2.33. The van der Waals surface area contributed by atoms with Gasteiger partial charge in [0.2, 0.25) is 5.91 Å². The Labute approximate surface area is 179 Å². The van der Waals surface area contributed by atoms with Crippen molar-refractivity contribution in [3.63, 3.8) is 0 Å². The van der Waals surface area contributed by atoms with Gasteiger partial charge in [0.05, 0.1) is 12.1 Å². The second-order valence-corrected chi connectivity index (χ2v) is 6.96. The van der Waals surface area contributed by atoms with Crippen molar-refractivity contribution in [3.8, 4) is 11.5 Å². The van der Waals surface area contributed by atoms with E-state index in [1.54, 1.807) is 25.3 Å². The zero-order valence-corrected chi connectivity index (χ0v) is 17.4. The third-order valence-corrected chi connectivity index (χ3v) is 4.75. The SMILES string of the molecule is COc1cccc(CNc2ccc(NC(C)=O)cc2)c1OCc1c(F)cccc1Cl. The van der Waals surface area contributed by atoms with Crippen LogP contribution in [0, 0.1) is 5.82 Å². The average molecular weight is 429 g/mol. The first-order chi connectivity index (χ1) is 14.5. The number of para-hydroxylation sites is 1. The summed E-state index contributed by atoms with van der Waals surface area (Å²) < 4.78 is 25.4. The number of methoxy groups -OCH3 is 1. The number of hydrogen-bond acceptors (Lipinski definition) is 4. The van der Waals surface area contributed by atoms with Gasteiger partial charge in [-0.2, -0.15) is 0 Å². The van der Waals surface area contributed by atoms with Gasteiger partial charge in [0, 0.05) is 36.0 Å². The van der Waals surface area contributed by atoms with E-state index in [1.807, 2.05) is 36.4 Å². The van der Waals surface area contributed by atoms with Crippen LogP contribution in [0.15, 0.2) is 60.7 Å². The summed E-state index contributed by atoms with van der Waals surface area (Å²) in [6.07, 6.45) is 0. The molecule has 7 heteroatoms. The van der Waals surface area contributed by atoms with Crippen LogP contribution in [0.4, 0.5) is 15.8 Å². The number of ether oxygens (including phenoxy) is 2.